The molecule has 42 heavy (non-hydrogen) atoms. The second kappa shape index (κ2) is 16.0. The van der Waals surface area contributed by atoms with Gasteiger partial charge in [-0.15, -0.1) is 11.3 Å². The van der Waals surface area contributed by atoms with Crippen LogP contribution in [0.2, 0.25) is 25.7 Å². The van der Waals surface area contributed by atoms with Crippen molar-refractivity contribution < 1.29 is 28.9 Å². The predicted octanol–water partition coefficient (Wildman–Crippen LogP) is 6.75. The average molecular weight is 613 g/mol. The third kappa shape index (κ3) is 10.3. The molecule has 0 spiro atoms. The zero-order chi connectivity index (χ0) is 30.7. The highest BCUT2D eigenvalue weighted by Crippen LogP contribution is 2.26. The van der Waals surface area contributed by atoms with Crippen LogP contribution in [0.15, 0.2) is 48.5 Å². The zero-order valence-electron chi connectivity index (χ0n) is 25.6. The maximum absolute atomic E-state index is 14.2. The van der Waals surface area contributed by atoms with Gasteiger partial charge in [0.2, 0.25) is 0 Å². The van der Waals surface area contributed by atoms with Crippen LogP contribution < -0.4 is 4.74 Å². The Hall–Kier alpha value is -3.05. The lowest BCUT2D eigenvalue weighted by Gasteiger charge is -2.27. The van der Waals surface area contributed by atoms with Crippen LogP contribution in [0.25, 0.3) is 0 Å². The van der Waals surface area contributed by atoms with Crippen molar-refractivity contribution in [1.29, 1.82) is 0 Å². The van der Waals surface area contributed by atoms with Crippen molar-refractivity contribution in [1.82, 2.24) is 9.88 Å². The summed E-state index contributed by atoms with van der Waals surface area (Å²) in [4.78, 5) is 32.5. The third-order valence-corrected chi connectivity index (χ3v) is 9.59. The molecule has 1 amide bonds. The number of aromatic nitrogens is 1. The number of hydrogen-bond acceptors (Lipinski definition) is 7. The highest BCUT2D eigenvalue weighted by Gasteiger charge is 2.29. The van der Waals surface area contributed by atoms with Gasteiger partial charge in [0, 0.05) is 26.1 Å². The van der Waals surface area contributed by atoms with Crippen LogP contribution >= 0.6 is 11.3 Å². The summed E-state index contributed by atoms with van der Waals surface area (Å²) < 4.78 is 17.2. The molecule has 0 aliphatic rings. The fraction of sp³-hybridized carbons (Fsp3) is 0.469. The number of thiazole rings is 1. The first-order valence-electron chi connectivity index (χ1n) is 14.4. The van der Waals surface area contributed by atoms with Gasteiger partial charge in [-0.2, -0.15) is 0 Å². The number of rotatable bonds is 17. The molecule has 0 aliphatic heterocycles. The summed E-state index contributed by atoms with van der Waals surface area (Å²) in [6.07, 6.45) is 1.61. The third-order valence-electron chi connectivity index (χ3n) is 6.93. The molecular formula is C32H44N2O6SSi. The molecule has 3 aromatic rings. The van der Waals surface area contributed by atoms with Gasteiger partial charge in [0.1, 0.15) is 17.6 Å². The Bertz CT molecular complexity index is 1310. The zero-order valence-corrected chi connectivity index (χ0v) is 27.5. The molecular weight excluding hydrogens is 569 g/mol. The Morgan fingerprint density at radius 3 is 2.43 bits per heavy atom. The summed E-state index contributed by atoms with van der Waals surface area (Å²) in [6.45, 7) is 11.9. The summed E-state index contributed by atoms with van der Waals surface area (Å²) in [7, 11) is 0.328. The van der Waals surface area contributed by atoms with E-state index in [-0.39, 0.29) is 24.9 Å². The number of amides is 1. The van der Waals surface area contributed by atoms with Crippen LogP contribution in [-0.2, 0) is 33.7 Å². The fourth-order valence-corrected chi connectivity index (χ4v) is 6.13. The minimum Gasteiger partial charge on any atom is -0.497 e. The number of aromatic carboxylic acids is 1. The molecule has 2 aromatic carbocycles. The number of ether oxygens (including phenoxy) is 3. The number of benzene rings is 2. The Labute approximate surface area is 254 Å². The summed E-state index contributed by atoms with van der Waals surface area (Å²) in [5.74, 6) is -0.610. The minimum atomic E-state index is -1.27. The van der Waals surface area contributed by atoms with Gasteiger partial charge in [0.15, 0.2) is 11.8 Å². The Kier molecular flexibility index (Phi) is 12.7. The maximum Gasteiger partial charge on any atom is 0.355 e. The van der Waals surface area contributed by atoms with E-state index in [0.717, 1.165) is 25.3 Å². The first kappa shape index (κ1) is 33.4. The Balaban J connectivity index is 1.83. The molecule has 1 N–H and O–H groups in total. The van der Waals surface area contributed by atoms with Crippen LogP contribution in [0.3, 0.4) is 0 Å². The van der Waals surface area contributed by atoms with Gasteiger partial charge < -0.3 is 24.2 Å². The smallest absolute Gasteiger partial charge is 0.355 e. The summed E-state index contributed by atoms with van der Waals surface area (Å²) >= 11 is 1.30. The molecule has 228 valence electrons. The van der Waals surface area contributed by atoms with Gasteiger partial charge >= 0.3 is 5.97 Å². The molecule has 0 bridgehead atoms. The van der Waals surface area contributed by atoms with E-state index in [1.165, 1.54) is 22.5 Å². The summed E-state index contributed by atoms with van der Waals surface area (Å²) in [5, 5.41) is 10.1. The molecule has 1 heterocycles. The van der Waals surface area contributed by atoms with Crippen molar-refractivity contribution in [2.45, 2.75) is 71.4 Å². The fourth-order valence-electron chi connectivity index (χ4n) is 4.43. The van der Waals surface area contributed by atoms with Gasteiger partial charge in [-0.05, 0) is 61.1 Å². The van der Waals surface area contributed by atoms with Crippen LogP contribution in [0.5, 0.6) is 5.75 Å². The average Bonchev–Trinajstić information content (AvgIpc) is 3.34. The van der Waals surface area contributed by atoms with Crippen molar-refractivity contribution in [3.63, 3.8) is 0 Å². The minimum absolute atomic E-state index is 0.00983. The van der Waals surface area contributed by atoms with Crippen LogP contribution in [0.4, 0.5) is 0 Å². The monoisotopic (exact) mass is 612 g/mol. The lowest BCUT2D eigenvalue weighted by molar-refractivity contribution is -0.155. The van der Waals surface area contributed by atoms with Crippen molar-refractivity contribution >= 4 is 31.3 Å². The number of nitrogens with zero attached hydrogens (tertiary/aromatic N) is 2. The Morgan fingerprint density at radius 1 is 1.10 bits per heavy atom. The quantitative estimate of drug-likeness (QED) is 0.102. The number of carboxylic acids is 1. The van der Waals surface area contributed by atoms with E-state index in [1.807, 2.05) is 12.1 Å². The molecule has 8 nitrogen and oxygen atoms in total. The van der Waals surface area contributed by atoms with Gasteiger partial charge in [0.05, 0.1) is 13.7 Å². The second-order valence-corrected chi connectivity index (χ2v) is 18.4. The van der Waals surface area contributed by atoms with Crippen molar-refractivity contribution in [2.24, 2.45) is 0 Å². The van der Waals surface area contributed by atoms with E-state index in [0.29, 0.717) is 34.3 Å². The molecule has 0 fully saturated rings. The first-order valence-corrected chi connectivity index (χ1v) is 18.9. The number of carboxylic acid groups (broad SMARTS) is 1. The number of methoxy groups -OCH3 is 1. The van der Waals surface area contributed by atoms with Crippen molar-refractivity contribution in [3.05, 3.63) is 80.8 Å². The second-order valence-electron chi connectivity index (χ2n) is 11.5. The largest absolute Gasteiger partial charge is 0.497 e. The summed E-state index contributed by atoms with van der Waals surface area (Å²) in [6, 6.07) is 16.8. The van der Waals surface area contributed by atoms with Gasteiger partial charge in [-0.3, -0.25) is 4.79 Å². The van der Waals surface area contributed by atoms with Crippen LogP contribution in [0.1, 0.15) is 56.5 Å². The normalized spacial score (nSPS) is 12.2. The molecule has 0 aliphatic carbocycles. The van der Waals surface area contributed by atoms with Gasteiger partial charge in [0.25, 0.3) is 5.91 Å². The highest BCUT2D eigenvalue weighted by atomic mass is 32.1. The highest BCUT2D eigenvalue weighted by molar-refractivity contribution is 7.11. The van der Waals surface area contributed by atoms with E-state index < -0.39 is 20.1 Å². The van der Waals surface area contributed by atoms with Crippen LogP contribution in [0, 0.1) is 6.92 Å². The molecule has 10 heteroatoms. The molecule has 1 aromatic heterocycles. The van der Waals surface area contributed by atoms with E-state index in [4.69, 9.17) is 14.2 Å². The van der Waals surface area contributed by atoms with E-state index in [9.17, 15) is 14.7 Å². The van der Waals surface area contributed by atoms with E-state index in [1.54, 1.807) is 31.1 Å². The first-order chi connectivity index (χ1) is 20.0. The van der Waals surface area contributed by atoms with E-state index >= 15 is 0 Å². The lowest BCUT2D eigenvalue weighted by Crippen LogP contribution is -2.37. The van der Waals surface area contributed by atoms with Crippen LogP contribution in [-0.4, -0.2) is 62.0 Å². The number of carbonyl (C=O) groups excluding carboxylic acids is 1. The lowest BCUT2D eigenvalue weighted by atomic mass is 10.0. The van der Waals surface area contributed by atoms with E-state index in [2.05, 4.69) is 55.8 Å². The number of carbonyl (C=O) groups is 2. The molecule has 3 rings (SSSR count). The molecule has 0 unspecified atom stereocenters. The summed E-state index contributed by atoms with van der Waals surface area (Å²) in [5.41, 5.74) is 3.22. The molecule has 0 saturated heterocycles. The SMILES string of the molecule is CCc1cccc(CCCN(Cc2nc(C(=O)O)c(C)s2)C(=O)[C@H](OCOCC[Si](C)(C)C)c2ccc(OC)cc2)c1. The van der Waals surface area contributed by atoms with Crippen molar-refractivity contribution in [2.75, 3.05) is 27.1 Å². The molecule has 0 saturated carbocycles. The topological polar surface area (TPSA) is 98.2 Å². The van der Waals surface area contributed by atoms with Gasteiger partial charge in [-0.25, -0.2) is 9.78 Å². The van der Waals surface area contributed by atoms with Gasteiger partial charge in [-0.1, -0.05) is 63.0 Å². The number of hydrogen-bond donors (Lipinski definition) is 1. The van der Waals surface area contributed by atoms with Crippen molar-refractivity contribution in [3.8, 4) is 5.75 Å². The molecule has 1 atom stereocenters. The maximum atomic E-state index is 14.2. The number of aryl methyl sites for hydroxylation is 3. The standard InChI is InChI=1S/C32H44N2O6SSi/c1-7-24-10-8-11-25(20-24)12-9-17-34(21-28-33-29(32(36)37)23(2)41-28)31(35)30(26-13-15-27(38-3)16-14-26)40-22-39-18-19-42(4,5)6/h8,10-11,13-16,20,30H,7,9,12,17-19,21-22H2,1-6H3,(H,36,37)/t30-/m1/s1. The molecule has 0 radical (unpaired) electrons. The predicted molar refractivity (Wildman–Crippen MR) is 169 cm³/mol. The Morgan fingerprint density at radius 2 is 1.81 bits per heavy atom.